The average Bonchev–Trinajstić information content (AvgIpc) is 3.73. The number of nitrogens with zero attached hydrogens (tertiary/aromatic N) is 5. The van der Waals surface area contributed by atoms with Gasteiger partial charge in [0.05, 0.1) is 28.1 Å². The molecule has 6 nitrogen and oxygen atoms in total. The average molecular weight is 790 g/mol. The summed E-state index contributed by atoms with van der Waals surface area (Å²) in [7, 11) is 0. The Kier molecular flexibility index (Phi) is 7.04. The Morgan fingerprint density at radius 3 is 1.94 bits per heavy atom. The molecular formula is C40H28N5OPt-. The van der Waals surface area contributed by atoms with Gasteiger partial charge in [-0.25, -0.2) is 9.67 Å². The van der Waals surface area contributed by atoms with Crippen molar-refractivity contribution in [2.45, 2.75) is 13.8 Å². The van der Waals surface area contributed by atoms with E-state index in [0.717, 1.165) is 67.2 Å². The molecular weight excluding hydrogens is 762 g/mol. The van der Waals surface area contributed by atoms with Crippen LogP contribution >= 0.6 is 0 Å². The van der Waals surface area contributed by atoms with Gasteiger partial charge in [0.1, 0.15) is 11.6 Å². The molecule has 9 rings (SSSR count). The quantitative estimate of drug-likeness (QED) is 0.163. The molecule has 0 spiro atoms. The smallest absolute Gasteiger partial charge is 0.137 e. The first-order chi connectivity index (χ1) is 22.6. The van der Waals surface area contributed by atoms with Crippen LogP contribution in [0.1, 0.15) is 11.4 Å². The fourth-order valence-electron chi connectivity index (χ4n) is 6.74. The number of hydrogen-bond acceptors (Lipinski definition) is 3. The Balaban J connectivity index is 0.00000324. The number of fused-ring (bicyclic) bond motifs is 6. The Labute approximate surface area is 285 Å². The maximum absolute atomic E-state index is 6.43. The van der Waals surface area contributed by atoms with Gasteiger partial charge in [0, 0.05) is 67.1 Å². The normalized spacial score (nSPS) is 11.4. The summed E-state index contributed by atoms with van der Waals surface area (Å²) >= 11 is 0. The molecule has 0 fully saturated rings. The zero-order valence-electron chi connectivity index (χ0n) is 25.7. The van der Waals surface area contributed by atoms with Gasteiger partial charge >= 0.3 is 0 Å². The van der Waals surface area contributed by atoms with Crippen LogP contribution in [0.15, 0.2) is 134 Å². The summed E-state index contributed by atoms with van der Waals surface area (Å²) in [5, 5.41) is 9.32. The number of ether oxygens (including phenoxy) is 1. The Morgan fingerprint density at radius 1 is 0.596 bits per heavy atom. The molecule has 5 aromatic carbocycles. The summed E-state index contributed by atoms with van der Waals surface area (Å²) in [6.45, 7) is 4.05. The van der Waals surface area contributed by atoms with Gasteiger partial charge in [-0.1, -0.05) is 66.2 Å². The molecule has 0 saturated heterocycles. The van der Waals surface area contributed by atoms with Crippen molar-refractivity contribution in [2.75, 3.05) is 0 Å². The van der Waals surface area contributed by atoms with E-state index < -0.39 is 0 Å². The molecule has 0 aliphatic carbocycles. The molecule has 0 saturated carbocycles. The van der Waals surface area contributed by atoms with Crippen molar-refractivity contribution in [3.63, 3.8) is 0 Å². The van der Waals surface area contributed by atoms with E-state index in [1.807, 2.05) is 48.1 Å². The van der Waals surface area contributed by atoms with Crippen LogP contribution in [0.5, 0.6) is 11.5 Å². The molecule has 9 aromatic rings. The zero-order chi connectivity index (χ0) is 30.8. The van der Waals surface area contributed by atoms with E-state index in [4.69, 9.17) is 9.72 Å². The van der Waals surface area contributed by atoms with Gasteiger partial charge in [-0.2, -0.15) is 11.2 Å². The number of aromatic nitrogens is 5. The third kappa shape index (κ3) is 4.76. The third-order valence-corrected chi connectivity index (χ3v) is 8.65. The van der Waals surface area contributed by atoms with Crippen LogP contribution in [0.3, 0.4) is 0 Å². The van der Waals surface area contributed by atoms with Crippen molar-refractivity contribution in [1.82, 2.24) is 23.9 Å². The summed E-state index contributed by atoms with van der Waals surface area (Å²) in [5.74, 6) is 2.15. The second-order valence-corrected chi connectivity index (χ2v) is 11.6. The fraction of sp³-hybridized carbons (Fsp3) is 0.0500. The second-order valence-electron chi connectivity index (χ2n) is 11.6. The first-order valence-electron chi connectivity index (χ1n) is 15.3. The number of rotatable bonds is 5. The summed E-state index contributed by atoms with van der Waals surface area (Å²) < 4.78 is 12.9. The molecule has 0 aliphatic rings. The van der Waals surface area contributed by atoms with Crippen LogP contribution in [0.25, 0.3) is 60.8 Å². The van der Waals surface area contributed by atoms with E-state index in [0.29, 0.717) is 5.75 Å². The topological polar surface area (TPSA) is 49.8 Å². The van der Waals surface area contributed by atoms with Crippen LogP contribution in [-0.4, -0.2) is 23.9 Å². The van der Waals surface area contributed by atoms with Gasteiger partial charge in [-0.05, 0) is 61.7 Å². The number of para-hydroxylation sites is 3. The Hall–Kier alpha value is -5.45. The minimum absolute atomic E-state index is 0. The molecule has 4 aromatic heterocycles. The molecule has 0 unspecified atom stereocenters. The zero-order valence-corrected chi connectivity index (χ0v) is 27.9. The van der Waals surface area contributed by atoms with Gasteiger partial charge < -0.3 is 13.9 Å². The van der Waals surface area contributed by atoms with Crippen molar-refractivity contribution < 1.29 is 25.8 Å². The third-order valence-electron chi connectivity index (χ3n) is 8.65. The first kappa shape index (κ1) is 29.0. The molecule has 0 bridgehead atoms. The van der Waals surface area contributed by atoms with Gasteiger partial charge in [0.15, 0.2) is 0 Å². The summed E-state index contributed by atoms with van der Waals surface area (Å²) in [4.78, 5) is 4.90. The van der Waals surface area contributed by atoms with Gasteiger partial charge in [-0.15, -0.1) is 17.5 Å². The minimum atomic E-state index is 0. The second kappa shape index (κ2) is 11.4. The van der Waals surface area contributed by atoms with Crippen molar-refractivity contribution >= 4 is 43.6 Å². The van der Waals surface area contributed by atoms with Crippen LogP contribution in [-0.2, 0) is 21.1 Å². The molecule has 0 N–H and O–H groups in total. The summed E-state index contributed by atoms with van der Waals surface area (Å²) in [6.07, 6.45) is 1.89. The fourth-order valence-corrected chi connectivity index (χ4v) is 6.74. The molecule has 4 heterocycles. The summed E-state index contributed by atoms with van der Waals surface area (Å²) in [5.41, 5.74) is 8.32. The SMILES string of the molecule is Cc1cc(C)n(-c2cccc(Oc3[c-]c4c(cc3)c3ccccc3n4-c3cc(-n4c5ccccc5c5ccccc54)ccn3)c2)n1.[Pt]. The van der Waals surface area contributed by atoms with Crippen molar-refractivity contribution in [3.8, 4) is 28.7 Å². The monoisotopic (exact) mass is 789 g/mol. The van der Waals surface area contributed by atoms with Gasteiger partial charge in [0.25, 0.3) is 0 Å². The van der Waals surface area contributed by atoms with E-state index >= 15 is 0 Å². The van der Waals surface area contributed by atoms with E-state index in [1.54, 1.807) is 0 Å². The molecule has 0 amide bonds. The van der Waals surface area contributed by atoms with Crippen LogP contribution in [0.4, 0.5) is 0 Å². The minimum Gasteiger partial charge on any atom is -0.483 e. The van der Waals surface area contributed by atoms with E-state index in [2.05, 4.69) is 124 Å². The largest absolute Gasteiger partial charge is 0.483 e. The first-order valence-corrected chi connectivity index (χ1v) is 15.3. The van der Waals surface area contributed by atoms with Crippen LogP contribution in [0, 0.1) is 19.9 Å². The Bertz CT molecular complexity index is 2560. The van der Waals surface area contributed by atoms with Gasteiger partial charge in [0.2, 0.25) is 0 Å². The molecule has 47 heavy (non-hydrogen) atoms. The van der Waals surface area contributed by atoms with Crippen molar-refractivity contribution in [3.05, 3.63) is 151 Å². The maximum Gasteiger partial charge on any atom is 0.137 e. The Morgan fingerprint density at radius 2 is 1.26 bits per heavy atom. The van der Waals surface area contributed by atoms with Crippen LogP contribution < -0.4 is 4.74 Å². The van der Waals surface area contributed by atoms with Crippen molar-refractivity contribution in [2.24, 2.45) is 0 Å². The van der Waals surface area contributed by atoms with E-state index in [9.17, 15) is 0 Å². The van der Waals surface area contributed by atoms with E-state index in [-0.39, 0.29) is 21.1 Å². The molecule has 7 heteroatoms. The number of hydrogen-bond donors (Lipinski definition) is 0. The summed E-state index contributed by atoms with van der Waals surface area (Å²) in [6, 6.07) is 47.5. The molecule has 0 atom stereocenters. The molecule has 0 aliphatic heterocycles. The van der Waals surface area contributed by atoms with E-state index in [1.165, 1.54) is 10.8 Å². The van der Waals surface area contributed by atoms with Crippen molar-refractivity contribution in [1.29, 1.82) is 0 Å². The number of aryl methyl sites for hydroxylation is 2. The van der Waals surface area contributed by atoms with Gasteiger partial charge in [-0.3, -0.25) is 0 Å². The number of pyridine rings is 1. The standard InChI is InChI=1S/C40H28N5O.Pt/c1-26-22-27(2)45(42-26)29-10-9-11-30(23-29)46-31-18-19-35-34-14-5-8-17-38(34)44(39(35)25-31)40-24-28(20-21-41-40)43-36-15-6-3-12-32(36)33-13-4-7-16-37(33)43;/h3-24H,1-2H3;/q-1;. The predicted molar refractivity (Wildman–Crippen MR) is 185 cm³/mol. The molecule has 230 valence electrons. The van der Waals surface area contributed by atoms with Crippen LogP contribution in [0.2, 0.25) is 0 Å². The predicted octanol–water partition coefficient (Wildman–Crippen LogP) is 9.67. The maximum atomic E-state index is 6.43. The molecule has 0 radical (unpaired) electrons. The number of benzene rings is 5.